The number of urea groups is 1. The predicted molar refractivity (Wildman–Crippen MR) is 68.6 cm³/mol. The van der Waals surface area contributed by atoms with E-state index < -0.39 is 11.4 Å². The number of carboxylic acid groups (broad SMARTS) is 1. The normalized spacial score (nSPS) is 19.1. The van der Waals surface area contributed by atoms with Gasteiger partial charge < -0.3 is 20.6 Å². The van der Waals surface area contributed by atoms with Crippen molar-refractivity contribution in [1.29, 1.82) is 0 Å². The second kappa shape index (κ2) is 5.90. The molecule has 0 aromatic heterocycles. The molecule has 108 valence electrons. The highest BCUT2D eigenvalue weighted by atomic mass is 16.4. The molecule has 0 saturated carbocycles. The number of amides is 3. The van der Waals surface area contributed by atoms with E-state index in [0.29, 0.717) is 13.1 Å². The summed E-state index contributed by atoms with van der Waals surface area (Å²) in [7, 11) is 0. The van der Waals surface area contributed by atoms with Gasteiger partial charge in [0.15, 0.2) is 0 Å². The van der Waals surface area contributed by atoms with Crippen molar-refractivity contribution in [2.45, 2.75) is 33.2 Å². The van der Waals surface area contributed by atoms with Crippen LogP contribution in [0.2, 0.25) is 0 Å². The monoisotopic (exact) mass is 271 g/mol. The quantitative estimate of drug-likeness (QED) is 0.671. The summed E-state index contributed by atoms with van der Waals surface area (Å²) in [6.07, 6.45) is 0.718. The Balaban J connectivity index is 2.40. The van der Waals surface area contributed by atoms with Gasteiger partial charge in [0.2, 0.25) is 5.91 Å². The number of nitrogens with zero attached hydrogens (tertiary/aromatic N) is 1. The number of hydrogen-bond donors (Lipinski definition) is 3. The number of carboxylic acids is 1. The van der Waals surface area contributed by atoms with Gasteiger partial charge in [-0.3, -0.25) is 9.59 Å². The van der Waals surface area contributed by atoms with E-state index in [1.54, 1.807) is 18.7 Å². The molecule has 0 aliphatic carbocycles. The van der Waals surface area contributed by atoms with Crippen LogP contribution in [0, 0.1) is 5.41 Å². The van der Waals surface area contributed by atoms with Gasteiger partial charge in [0.05, 0.1) is 5.41 Å². The third-order valence-corrected chi connectivity index (χ3v) is 3.14. The Labute approximate surface area is 112 Å². The third kappa shape index (κ3) is 4.42. The smallest absolute Gasteiger partial charge is 0.317 e. The minimum atomic E-state index is -0.994. The summed E-state index contributed by atoms with van der Waals surface area (Å²) >= 11 is 0. The highest BCUT2D eigenvalue weighted by Gasteiger charge is 2.30. The first-order valence-electron chi connectivity index (χ1n) is 6.25. The zero-order valence-corrected chi connectivity index (χ0v) is 11.5. The molecule has 1 unspecified atom stereocenters. The van der Waals surface area contributed by atoms with Crippen LogP contribution in [-0.4, -0.2) is 53.6 Å². The average molecular weight is 271 g/mol. The fraction of sp³-hybridized carbons (Fsp3) is 0.750. The number of rotatable bonds is 4. The van der Waals surface area contributed by atoms with Crippen LogP contribution in [-0.2, 0) is 9.59 Å². The zero-order chi connectivity index (χ0) is 14.6. The molecule has 0 bridgehead atoms. The summed E-state index contributed by atoms with van der Waals surface area (Å²) in [5, 5.41) is 14.3. The van der Waals surface area contributed by atoms with Gasteiger partial charge in [-0.05, 0) is 20.3 Å². The Bertz CT molecular complexity index is 381. The molecule has 0 aromatic carbocycles. The lowest BCUT2D eigenvalue weighted by atomic mass is 9.94. The molecular formula is C12H21N3O4. The molecule has 1 saturated heterocycles. The molecule has 1 atom stereocenters. The Hall–Kier alpha value is -1.79. The Morgan fingerprint density at radius 1 is 1.37 bits per heavy atom. The first kappa shape index (κ1) is 15.3. The van der Waals surface area contributed by atoms with Crippen molar-refractivity contribution in [3.05, 3.63) is 0 Å². The molecule has 0 spiro atoms. The number of hydrogen-bond acceptors (Lipinski definition) is 3. The summed E-state index contributed by atoms with van der Waals surface area (Å²) in [5.74, 6) is -1.07. The molecule has 7 nitrogen and oxygen atoms in total. The molecule has 0 radical (unpaired) electrons. The number of carbonyl (C=O) groups is 3. The van der Waals surface area contributed by atoms with Crippen molar-refractivity contribution in [3.8, 4) is 0 Å². The van der Waals surface area contributed by atoms with Gasteiger partial charge >= 0.3 is 12.0 Å². The van der Waals surface area contributed by atoms with Gasteiger partial charge in [-0.1, -0.05) is 0 Å². The number of carbonyl (C=O) groups excluding carboxylic acids is 2. The van der Waals surface area contributed by atoms with Gasteiger partial charge in [0, 0.05) is 32.6 Å². The SMILES string of the molecule is CC(=O)NC1CCN(C(=O)NCC(C)(C)C(=O)O)C1. The summed E-state index contributed by atoms with van der Waals surface area (Å²) in [4.78, 5) is 35.3. The largest absolute Gasteiger partial charge is 0.481 e. The van der Waals surface area contributed by atoms with Crippen LogP contribution in [0.5, 0.6) is 0 Å². The van der Waals surface area contributed by atoms with E-state index >= 15 is 0 Å². The van der Waals surface area contributed by atoms with Crippen molar-refractivity contribution in [1.82, 2.24) is 15.5 Å². The van der Waals surface area contributed by atoms with Crippen molar-refractivity contribution in [2.24, 2.45) is 5.41 Å². The highest BCUT2D eigenvalue weighted by Crippen LogP contribution is 2.14. The van der Waals surface area contributed by atoms with E-state index in [9.17, 15) is 14.4 Å². The van der Waals surface area contributed by atoms with E-state index in [-0.39, 0.29) is 24.5 Å². The lowest BCUT2D eigenvalue weighted by Gasteiger charge is -2.23. The van der Waals surface area contributed by atoms with Gasteiger partial charge in [-0.15, -0.1) is 0 Å². The summed E-state index contributed by atoms with van der Waals surface area (Å²) < 4.78 is 0. The van der Waals surface area contributed by atoms with E-state index in [0.717, 1.165) is 6.42 Å². The molecule has 1 rings (SSSR count). The Morgan fingerprint density at radius 2 is 2.00 bits per heavy atom. The highest BCUT2D eigenvalue weighted by molar-refractivity contribution is 5.78. The van der Waals surface area contributed by atoms with Crippen molar-refractivity contribution >= 4 is 17.9 Å². The van der Waals surface area contributed by atoms with Crippen LogP contribution in [0.3, 0.4) is 0 Å². The van der Waals surface area contributed by atoms with E-state index in [4.69, 9.17) is 5.11 Å². The summed E-state index contributed by atoms with van der Waals surface area (Å²) in [6, 6.07) is -0.307. The lowest BCUT2D eigenvalue weighted by Crippen LogP contribution is -2.46. The molecule has 1 aliphatic rings. The lowest BCUT2D eigenvalue weighted by molar-refractivity contribution is -0.146. The maximum Gasteiger partial charge on any atom is 0.317 e. The van der Waals surface area contributed by atoms with Crippen LogP contribution < -0.4 is 10.6 Å². The van der Waals surface area contributed by atoms with Crippen LogP contribution in [0.1, 0.15) is 27.2 Å². The van der Waals surface area contributed by atoms with E-state index in [1.165, 1.54) is 6.92 Å². The van der Waals surface area contributed by atoms with E-state index in [1.807, 2.05) is 0 Å². The van der Waals surface area contributed by atoms with E-state index in [2.05, 4.69) is 10.6 Å². The topological polar surface area (TPSA) is 98.7 Å². The van der Waals surface area contributed by atoms with Crippen LogP contribution in [0.25, 0.3) is 0 Å². The standard InChI is InChI=1S/C12H21N3O4/c1-8(16)14-9-4-5-15(6-9)11(19)13-7-12(2,3)10(17)18/h9H,4-7H2,1-3H3,(H,13,19)(H,14,16)(H,17,18). The maximum absolute atomic E-state index is 11.9. The molecule has 1 heterocycles. The molecular weight excluding hydrogens is 250 g/mol. The minimum absolute atomic E-state index is 0.0178. The second-order valence-corrected chi connectivity index (χ2v) is 5.48. The molecule has 3 N–H and O–H groups in total. The third-order valence-electron chi connectivity index (χ3n) is 3.14. The first-order chi connectivity index (χ1) is 8.72. The van der Waals surface area contributed by atoms with Crippen LogP contribution >= 0.6 is 0 Å². The second-order valence-electron chi connectivity index (χ2n) is 5.48. The predicted octanol–water partition coefficient (Wildman–Crippen LogP) is 0.0172. The molecule has 3 amide bonds. The molecule has 19 heavy (non-hydrogen) atoms. The Morgan fingerprint density at radius 3 is 2.53 bits per heavy atom. The van der Waals surface area contributed by atoms with Crippen LogP contribution in [0.15, 0.2) is 0 Å². The van der Waals surface area contributed by atoms with Gasteiger partial charge in [-0.2, -0.15) is 0 Å². The van der Waals surface area contributed by atoms with Crippen molar-refractivity contribution in [2.75, 3.05) is 19.6 Å². The number of likely N-dealkylation sites (tertiary alicyclic amines) is 1. The molecule has 7 heteroatoms. The molecule has 1 aliphatic heterocycles. The number of aliphatic carboxylic acids is 1. The maximum atomic E-state index is 11.9. The number of nitrogens with one attached hydrogen (secondary N) is 2. The fourth-order valence-electron chi connectivity index (χ4n) is 1.83. The Kier molecular flexibility index (Phi) is 4.74. The van der Waals surface area contributed by atoms with Crippen molar-refractivity contribution < 1.29 is 19.5 Å². The zero-order valence-electron chi connectivity index (χ0n) is 11.5. The van der Waals surface area contributed by atoms with Gasteiger partial charge in [-0.25, -0.2) is 4.79 Å². The first-order valence-corrected chi connectivity index (χ1v) is 6.25. The summed E-state index contributed by atoms with van der Waals surface area (Å²) in [5.41, 5.74) is -0.994. The van der Waals surface area contributed by atoms with Crippen LogP contribution in [0.4, 0.5) is 4.79 Å². The molecule has 1 fully saturated rings. The van der Waals surface area contributed by atoms with Gasteiger partial charge in [0.25, 0.3) is 0 Å². The molecule has 0 aromatic rings. The minimum Gasteiger partial charge on any atom is -0.481 e. The van der Waals surface area contributed by atoms with Gasteiger partial charge in [0.1, 0.15) is 0 Å². The fourth-order valence-corrected chi connectivity index (χ4v) is 1.83. The van der Waals surface area contributed by atoms with Crippen molar-refractivity contribution in [3.63, 3.8) is 0 Å². The average Bonchev–Trinajstić information content (AvgIpc) is 2.73. The summed E-state index contributed by atoms with van der Waals surface area (Å²) in [6.45, 7) is 5.64.